The van der Waals surface area contributed by atoms with Crippen LogP contribution in [0.15, 0.2) is 11.5 Å². The largest absolute Gasteiger partial charge is 0.176 e. The van der Waals surface area contributed by atoms with Gasteiger partial charge in [0.1, 0.15) is 0 Å². The highest BCUT2D eigenvalue weighted by Crippen LogP contribution is 2.42. The molecular weight excluding hydrogens is 239 g/mol. The number of allylic oxidation sites excluding steroid dienone is 2. The van der Waals surface area contributed by atoms with Gasteiger partial charge in [-0.3, -0.25) is 0 Å². The molecule has 20 heavy (non-hydrogen) atoms. The van der Waals surface area contributed by atoms with Crippen LogP contribution in [0.3, 0.4) is 0 Å². The molecule has 116 valence electrons. The molecule has 0 amide bonds. The molecule has 0 aliphatic heterocycles. The lowest BCUT2D eigenvalue weighted by molar-refractivity contribution is 0.408. The minimum atomic E-state index is 0.778. The fourth-order valence-electron chi connectivity index (χ4n) is 4.05. The molecule has 0 aromatic heterocycles. The third-order valence-electron chi connectivity index (χ3n) is 6.03. The van der Waals surface area contributed by atoms with Gasteiger partial charge in [0.15, 0.2) is 6.71 Å². The normalized spacial score (nSPS) is 21.4. The SMILES string of the molecule is C/C=C(/B(C(C)C(C)C)C(C)C(C)C)C1CCCCC1. The van der Waals surface area contributed by atoms with Crippen molar-refractivity contribution < 1.29 is 0 Å². The Hall–Kier alpha value is -0.195. The summed E-state index contributed by atoms with van der Waals surface area (Å²) in [5, 5.41) is 0. The van der Waals surface area contributed by atoms with E-state index in [9.17, 15) is 0 Å². The molecule has 0 saturated heterocycles. The maximum absolute atomic E-state index is 2.49. The minimum absolute atomic E-state index is 0.778. The van der Waals surface area contributed by atoms with Crippen molar-refractivity contribution in [1.82, 2.24) is 0 Å². The molecule has 0 nitrogen and oxygen atoms in total. The fourth-order valence-corrected chi connectivity index (χ4v) is 4.05. The third-order valence-corrected chi connectivity index (χ3v) is 6.03. The lowest BCUT2D eigenvalue weighted by Crippen LogP contribution is -2.35. The molecule has 1 heteroatoms. The number of hydrogen-bond acceptors (Lipinski definition) is 0. The van der Waals surface area contributed by atoms with Crippen LogP contribution in [0.4, 0.5) is 0 Å². The Balaban J connectivity index is 2.99. The van der Waals surface area contributed by atoms with Crippen LogP contribution in [0.25, 0.3) is 0 Å². The summed E-state index contributed by atoms with van der Waals surface area (Å²) in [7, 11) is 0. The van der Waals surface area contributed by atoms with Gasteiger partial charge in [-0.2, -0.15) is 0 Å². The zero-order chi connectivity index (χ0) is 15.3. The zero-order valence-corrected chi connectivity index (χ0v) is 15.1. The Morgan fingerprint density at radius 1 is 0.850 bits per heavy atom. The smallest absolute Gasteiger partial charge is 0.102 e. The standard InChI is InChI=1S/C19H37B/c1-8-19(18-12-10-9-11-13-18)20(16(6)14(2)3)17(7)15(4)5/h8,14-18H,9-13H2,1-7H3/b19-8+. The van der Waals surface area contributed by atoms with E-state index in [2.05, 4.69) is 54.5 Å². The molecule has 1 fully saturated rings. The van der Waals surface area contributed by atoms with Gasteiger partial charge in [0.25, 0.3) is 0 Å². The van der Waals surface area contributed by atoms with E-state index in [0.29, 0.717) is 0 Å². The molecule has 1 aliphatic rings. The molecule has 0 aromatic carbocycles. The van der Waals surface area contributed by atoms with Gasteiger partial charge in [-0.15, -0.1) is 5.47 Å². The molecular formula is C19H37B. The van der Waals surface area contributed by atoms with Crippen molar-refractivity contribution in [3.05, 3.63) is 11.5 Å². The van der Waals surface area contributed by atoms with Gasteiger partial charge in [-0.1, -0.05) is 90.4 Å². The highest BCUT2D eigenvalue weighted by molar-refractivity contribution is 6.69. The van der Waals surface area contributed by atoms with E-state index in [1.807, 2.05) is 0 Å². The predicted octanol–water partition coefficient (Wildman–Crippen LogP) is 6.64. The summed E-state index contributed by atoms with van der Waals surface area (Å²) in [5.41, 5.74) is 1.80. The van der Waals surface area contributed by atoms with E-state index in [1.54, 1.807) is 5.47 Å². The summed E-state index contributed by atoms with van der Waals surface area (Å²) >= 11 is 0. The van der Waals surface area contributed by atoms with Gasteiger partial charge in [-0.25, -0.2) is 0 Å². The first kappa shape index (κ1) is 17.9. The zero-order valence-electron chi connectivity index (χ0n) is 15.1. The van der Waals surface area contributed by atoms with Crippen LogP contribution in [0, 0.1) is 17.8 Å². The summed E-state index contributed by atoms with van der Waals surface area (Å²) in [6, 6.07) is 0. The van der Waals surface area contributed by atoms with Gasteiger partial charge in [0.2, 0.25) is 0 Å². The molecule has 2 unspecified atom stereocenters. The van der Waals surface area contributed by atoms with Crippen molar-refractivity contribution in [2.45, 2.75) is 92.2 Å². The molecule has 0 bridgehead atoms. The Kier molecular flexibility index (Phi) is 7.41. The van der Waals surface area contributed by atoms with Gasteiger partial charge >= 0.3 is 0 Å². The second-order valence-electron chi connectivity index (χ2n) is 7.86. The van der Waals surface area contributed by atoms with Gasteiger partial charge in [0.05, 0.1) is 0 Å². The summed E-state index contributed by atoms with van der Waals surface area (Å²) in [5.74, 6) is 4.02. The topological polar surface area (TPSA) is 0 Å². The molecule has 0 aromatic rings. The molecule has 1 saturated carbocycles. The van der Waals surface area contributed by atoms with Crippen LogP contribution >= 0.6 is 0 Å². The maximum atomic E-state index is 2.49. The van der Waals surface area contributed by atoms with E-state index < -0.39 is 0 Å². The first-order chi connectivity index (χ1) is 9.40. The Labute approximate surface area is 128 Å². The molecule has 2 atom stereocenters. The van der Waals surface area contributed by atoms with E-state index in [4.69, 9.17) is 0 Å². The van der Waals surface area contributed by atoms with E-state index >= 15 is 0 Å². The highest BCUT2D eigenvalue weighted by atomic mass is 14.2. The van der Waals surface area contributed by atoms with Crippen molar-refractivity contribution >= 4 is 6.71 Å². The quantitative estimate of drug-likeness (QED) is 0.477. The fraction of sp³-hybridized carbons (Fsp3) is 0.895. The second-order valence-corrected chi connectivity index (χ2v) is 7.86. The van der Waals surface area contributed by atoms with Crippen LogP contribution in [0.5, 0.6) is 0 Å². The molecule has 0 heterocycles. The van der Waals surface area contributed by atoms with Gasteiger partial charge in [0, 0.05) is 0 Å². The van der Waals surface area contributed by atoms with E-state index in [-0.39, 0.29) is 0 Å². The lowest BCUT2D eigenvalue weighted by atomic mass is 9.26. The number of hydrogen-bond donors (Lipinski definition) is 0. The molecule has 0 N–H and O–H groups in total. The second kappa shape index (κ2) is 8.30. The average Bonchev–Trinajstić information content (AvgIpc) is 2.43. The van der Waals surface area contributed by atoms with Crippen molar-refractivity contribution in [2.24, 2.45) is 17.8 Å². The Morgan fingerprint density at radius 3 is 1.65 bits per heavy atom. The Bertz CT molecular complexity index is 283. The van der Waals surface area contributed by atoms with Crippen LogP contribution in [0.1, 0.15) is 80.6 Å². The highest BCUT2D eigenvalue weighted by Gasteiger charge is 2.36. The van der Waals surface area contributed by atoms with Crippen LogP contribution in [0.2, 0.25) is 11.6 Å². The third kappa shape index (κ3) is 4.40. The maximum Gasteiger partial charge on any atom is 0.176 e. The van der Waals surface area contributed by atoms with Crippen molar-refractivity contribution in [3.8, 4) is 0 Å². The molecule has 1 aliphatic carbocycles. The molecule has 1 rings (SSSR count). The van der Waals surface area contributed by atoms with Gasteiger partial charge < -0.3 is 0 Å². The Morgan fingerprint density at radius 2 is 1.30 bits per heavy atom. The summed E-state index contributed by atoms with van der Waals surface area (Å²) in [6.45, 7) is 17.6. The van der Waals surface area contributed by atoms with Crippen LogP contribution < -0.4 is 0 Å². The first-order valence-electron chi connectivity index (χ1n) is 9.06. The average molecular weight is 276 g/mol. The van der Waals surface area contributed by atoms with E-state index in [0.717, 1.165) is 36.1 Å². The predicted molar refractivity (Wildman–Crippen MR) is 94.6 cm³/mol. The summed E-state index contributed by atoms with van der Waals surface area (Å²) in [6.07, 6.45) is 9.70. The van der Waals surface area contributed by atoms with Crippen molar-refractivity contribution in [2.75, 3.05) is 0 Å². The summed E-state index contributed by atoms with van der Waals surface area (Å²) < 4.78 is 0. The van der Waals surface area contributed by atoms with Crippen molar-refractivity contribution in [3.63, 3.8) is 0 Å². The molecule has 0 radical (unpaired) electrons. The summed E-state index contributed by atoms with van der Waals surface area (Å²) in [4.78, 5) is 0. The van der Waals surface area contributed by atoms with Gasteiger partial charge in [-0.05, 0) is 25.7 Å². The minimum Gasteiger partial charge on any atom is -0.102 e. The van der Waals surface area contributed by atoms with E-state index in [1.165, 1.54) is 32.1 Å². The van der Waals surface area contributed by atoms with Crippen molar-refractivity contribution in [1.29, 1.82) is 0 Å². The monoisotopic (exact) mass is 276 g/mol. The van der Waals surface area contributed by atoms with Crippen LogP contribution in [-0.4, -0.2) is 6.71 Å². The molecule has 0 spiro atoms. The van der Waals surface area contributed by atoms with Crippen LogP contribution in [-0.2, 0) is 0 Å². The lowest BCUT2D eigenvalue weighted by Gasteiger charge is -2.38. The first-order valence-corrected chi connectivity index (χ1v) is 9.06. The number of rotatable bonds is 6.